The highest BCUT2D eigenvalue weighted by atomic mass is 16.5. The van der Waals surface area contributed by atoms with E-state index in [0.717, 1.165) is 31.5 Å². The molecule has 2 aliphatic rings. The molecule has 0 aliphatic carbocycles. The number of piperidine rings is 1. The van der Waals surface area contributed by atoms with Gasteiger partial charge in [-0.05, 0) is 50.9 Å². The Morgan fingerprint density at radius 2 is 2.08 bits per heavy atom. The second kappa shape index (κ2) is 7.21. The lowest BCUT2D eigenvalue weighted by atomic mass is 10.1. The van der Waals surface area contributed by atoms with Crippen LogP contribution in [-0.2, 0) is 16.1 Å². The van der Waals surface area contributed by atoms with Crippen LogP contribution in [0.2, 0.25) is 0 Å². The predicted molar refractivity (Wildman–Crippen MR) is 91.9 cm³/mol. The van der Waals surface area contributed by atoms with Crippen LogP contribution in [0.5, 0.6) is 5.75 Å². The highest BCUT2D eigenvalue weighted by molar-refractivity contribution is 5.97. The van der Waals surface area contributed by atoms with Gasteiger partial charge in [-0.25, -0.2) is 0 Å². The van der Waals surface area contributed by atoms with Gasteiger partial charge < -0.3 is 15.0 Å². The van der Waals surface area contributed by atoms with Gasteiger partial charge in [0.05, 0.1) is 12.2 Å². The molecule has 0 bridgehead atoms. The van der Waals surface area contributed by atoms with Crippen molar-refractivity contribution < 1.29 is 14.3 Å². The Morgan fingerprint density at radius 3 is 2.83 bits per heavy atom. The minimum absolute atomic E-state index is 0.131. The van der Waals surface area contributed by atoms with Crippen molar-refractivity contribution in [1.82, 2.24) is 9.80 Å². The molecule has 0 saturated carbocycles. The van der Waals surface area contributed by atoms with Crippen molar-refractivity contribution in [1.29, 1.82) is 0 Å². The molecule has 24 heavy (non-hydrogen) atoms. The number of amides is 2. The van der Waals surface area contributed by atoms with Crippen molar-refractivity contribution >= 4 is 17.5 Å². The molecule has 3 rings (SSSR count). The Kier molecular flexibility index (Phi) is 5.04. The molecule has 2 aliphatic heterocycles. The summed E-state index contributed by atoms with van der Waals surface area (Å²) in [5.74, 6) is 0.756. The van der Waals surface area contributed by atoms with E-state index in [4.69, 9.17) is 4.74 Å². The summed E-state index contributed by atoms with van der Waals surface area (Å²) in [5, 5.41) is 2.86. The second-order valence-corrected chi connectivity index (χ2v) is 6.69. The maximum Gasteiger partial charge on any atom is 0.265 e. The van der Waals surface area contributed by atoms with Crippen LogP contribution in [-0.4, -0.2) is 54.4 Å². The summed E-state index contributed by atoms with van der Waals surface area (Å²) < 4.78 is 5.56. The molecule has 1 aromatic carbocycles. The number of anilines is 1. The molecule has 1 atom stereocenters. The standard InChI is InChI=1S/C18H25N3O3/c1-13-18(23)19-15-10-14(6-7-16(15)24-13)11-20(2)12-17(22)21-8-4-3-5-9-21/h6-7,10,13H,3-5,8-9,11-12H2,1-2H3,(H,19,23). The van der Waals surface area contributed by atoms with E-state index in [1.165, 1.54) is 6.42 Å². The number of fused-ring (bicyclic) bond motifs is 1. The van der Waals surface area contributed by atoms with E-state index in [1.54, 1.807) is 6.92 Å². The number of likely N-dealkylation sites (N-methyl/N-ethyl adjacent to an activating group) is 1. The molecule has 6 nitrogen and oxygen atoms in total. The number of carbonyl (C=O) groups excluding carboxylic acids is 2. The molecular formula is C18H25N3O3. The second-order valence-electron chi connectivity index (χ2n) is 6.69. The third-order valence-corrected chi connectivity index (χ3v) is 4.54. The molecule has 0 aromatic heterocycles. The average molecular weight is 331 g/mol. The number of rotatable bonds is 4. The van der Waals surface area contributed by atoms with E-state index >= 15 is 0 Å². The summed E-state index contributed by atoms with van der Waals surface area (Å²) in [7, 11) is 1.94. The summed E-state index contributed by atoms with van der Waals surface area (Å²) in [6.07, 6.45) is 2.98. The van der Waals surface area contributed by atoms with Crippen LogP contribution in [0.4, 0.5) is 5.69 Å². The quantitative estimate of drug-likeness (QED) is 0.915. The van der Waals surface area contributed by atoms with E-state index in [9.17, 15) is 9.59 Å². The van der Waals surface area contributed by atoms with Crippen LogP contribution in [0.25, 0.3) is 0 Å². The van der Waals surface area contributed by atoms with Gasteiger partial charge in [-0.15, -0.1) is 0 Å². The maximum atomic E-state index is 12.3. The van der Waals surface area contributed by atoms with E-state index in [2.05, 4.69) is 5.32 Å². The fourth-order valence-corrected chi connectivity index (χ4v) is 3.20. The van der Waals surface area contributed by atoms with Gasteiger partial charge in [-0.1, -0.05) is 6.07 Å². The summed E-state index contributed by atoms with van der Waals surface area (Å²) in [6.45, 7) is 4.56. The van der Waals surface area contributed by atoms with Crippen LogP contribution >= 0.6 is 0 Å². The van der Waals surface area contributed by atoms with Gasteiger partial charge in [0.15, 0.2) is 6.10 Å². The van der Waals surface area contributed by atoms with Crippen LogP contribution in [0.1, 0.15) is 31.7 Å². The SMILES string of the molecule is CC1Oc2ccc(CN(C)CC(=O)N3CCCCC3)cc2NC1=O. The molecule has 2 amide bonds. The number of nitrogens with zero attached hydrogens (tertiary/aromatic N) is 2. The van der Waals surface area contributed by atoms with E-state index in [0.29, 0.717) is 24.5 Å². The lowest BCUT2D eigenvalue weighted by molar-refractivity contribution is -0.133. The molecule has 130 valence electrons. The lowest BCUT2D eigenvalue weighted by Gasteiger charge is -2.29. The van der Waals surface area contributed by atoms with Crippen molar-refractivity contribution in [3.05, 3.63) is 23.8 Å². The van der Waals surface area contributed by atoms with Crippen LogP contribution in [0, 0.1) is 0 Å². The fraction of sp³-hybridized carbons (Fsp3) is 0.556. The Morgan fingerprint density at radius 1 is 1.33 bits per heavy atom. The van der Waals surface area contributed by atoms with Crippen LogP contribution in [0.15, 0.2) is 18.2 Å². The molecule has 0 radical (unpaired) electrons. The van der Waals surface area contributed by atoms with Crippen LogP contribution in [0.3, 0.4) is 0 Å². The zero-order chi connectivity index (χ0) is 17.1. The first-order valence-corrected chi connectivity index (χ1v) is 8.59. The summed E-state index contributed by atoms with van der Waals surface area (Å²) in [4.78, 5) is 28.0. The Balaban J connectivity index is 1.58. The molecule has 1 saturated heterocycles. The first-order chi connectivity index (χ1) is 11.5. The Hall–Kier alpha value is -2.08. The topological polar surface area (TPSA) is 61.9 Å². The Labute approximate surface area is 142 Å². The lowest BCUT2D eigenvalue weighted by Crippen LogP contribution is -2.41. The van der Waals surface area contributed by atoms with Crippen molar-refractivity contribution in [2.45, 2.75) is 38.8 Å². The number of ether oxygens (including phenoxy) is 1. The minimum atomic E-state index is -0.465. The van der Waals surface area contributed by atoms with Crippen molar-refractivity contribution in [2.24, 2.45) is 0 Å². The van der Waals surface area contributed by atoms with Crippen molar-refractivity contribution in [3.8, 4) is 5.75 Å². The number of hydrogen-bond donors (Lipinski definition) is 1. The van der Waals surface area contributed by atoms with E-state index < -0.39 is 6.10 Å². The van der Waals surface area contributed by atoms with Gasteiger partial charge in [0.2, 0.25) is 5.91 Å². The fourth-order valence-electron chi connectivity index (χ4n) is 3.20. The van der Waals surface area contributed by atoms with Crippen molar-refractivity contribution in [3.63, 3.8) is 0 Å². The van der Waals surface area contributed by atoms with Gasteiger partial charge in [0.25, 0.3) is 5.91 Å². The van der Waals surface area contributed by atoms with Crippen molar-refractivity contribution in [2.75, 3.05) is 32.0 Å². The van der Waals surface area contributed by atoms with Gasteiger partial charge in [0.1, 0.15) is 5.75 Å². The molecule has 1 N–H and O–H groups in total. The number of benzene rings is 1. The van der Waals surface area contributed by atoms with E-state index in [1.807, 2.05) is 35.0 Å². The minimum Gasteiger partial charge on any atom is -0.479 e. The first kappa shape index (κ1) is 16.8. The molecule has 0 spiro atoms. The monoisotopic (exact) mass is 331 g/mol. The number of hydrogen-bond acceptors (Lipinski definition) is 4. The van der Waals surface area contributed by atoms with E-state index in [-0.39, 0.29) is 11.8 Å². The molecule has 6 heteroatoms. The summed E-state index contributed by atoms with van der Waals surface area (Å²) in [5.41, 5.74) is 1.74. The highest BCUT2D eigenvalue weighted by Crippen LogP contribution is 2.30. The van der Waals surface area contributed by atoms with Gasteiger partial charge in [-0.3, -0.25) is 14.5 Å². The number of carbonyl (C=O) groups is 2. The third kappa shape index (κ3) is 3.87. The number of nitrogens with one attached hydrogen (secondary N) is 1. The number of likely N-dealkylation sites (tertiary alicyclic amines) is 1. The predicted octanol–water partition coefficient (Wildman–Crippen LogP) is 1.85. The third-order valence-electron chi connectivity index (χ3n) is 4.54. The molecule has 2 heterocycles. The average Bonchev–Trinajstić information content (AvgIpc) is 2.57. The molecule has 1 unspecified atom stereocenters. The smallest absolute Gasteiger partial charge is 0.265 e. The van der Waals surface area contributed by atoms with Crippen LogP contribution < -0.4 is 10.1 Å². The van der Waals surface area contributed by atoms with Gasteiger partial charge in [-0.2, -0.15) is 0 Å². The summed E-state index contributed by atoms with van der Waals surface area (Å²) in [6, 6.07) is 5.77. The van der Waals surface area contributed by atoms with Gasteiger partial charge >= 0.3 is 0 Å². The summed E-state index contributed by atoms with van der Waals surface area (Å²) >= 11 is 0. The molecular weight excluding hydrogens is 306 g/mol. The highest BCUT2D eigenvalue weighted by Gasteiger charge is 2.24. The Bertz CT molecular complexity index is 626. The largest absolute Gasteiger partial charge is 0.479 e. The normalized spacial score (nSPS) is 20.4. The first-order valence-electron chi connectivity index (χ1n) is 8.59. The maximum absolute atomic E-state index is 12.3. The zero-order valence-electron chi connectivity index (χ0n) is 14.4. The zero-order valence-corrected chi connectivity index (χ0v) is 14.4. The molecule has 1 fully saturated rings. The van der Waals surface area contributed by atoms with Gasteiger partial charge in [0, 0.05) is 19.6 Å². The molecule has 1 aromatic rings.